The molecule has 0 saturated carbocycles. The van der Waals surface area contributed by atoms with Gasteiger partial charge in [-0.1, -0.05) is 30.7 Å². The van der Waals surface area contributed by atoms with E-state index in [0.717, 1.165) is 24.1 Å². The zero-order valence-electron chi connectivity index (χ0n) is 17.0. The molecule has 1 aliphatic rings. The van der Waals surface area contributed by atoms with Crippen LogP contribution in [0.1, 0.15) is 24.1 Å². The zero-order chi connectivity index (χ0) is 21.7. The summed E-state index contributed by atoms with van der Waals surface area (Å²) in [4.78, 5) is 13.7. The lowest BCUT2D eigenvalue weighted by molar-refractivity contribution is -0.115. The van der Waals surface area contributed by atoms with Gasteiger partial charge in [0.05, 0.1) is 17.0 Å². The Morgan fingerprint density at radius 1 is 1.00 bits per heavy atom. The minimum atomic E-state index is -3.63. The van der Waals surface area contributed by atoms with Crippen LogP contribution in [0.3, 0.4) is 0 Å². The number of anilines is 1. The van der Waals surface area contributed by atoms with Crippen LogP contribution in [0.25, 0.3) is 0 Å². The highest BCUT2D eigenvalue weighted by molar-refractivity contribution is 7.89. The number of ether oxygens (including phenoxy) is 1. The first-order valence-electron chi connectivity index (χ1n) is 10.2. The Hall–Kier alpha value is -2.68. The van der Waals surface area contributed by atoms with Gasteiger partial charge in [-0.05, 0) is 54.6 Å². The van der Waals surface area contributed by atoms with Gasteiger partial charge in [-0.2, -0.15) is 4.31 Å². The van der Waals surface area contributed by atoms with E-state index in [4.69, 9.17) is 4.74 Å². The van der Waals surface area contributed by atoms with Gasteiger partial charge in [0.25, 0.3) is 0 Å². The molecular weight excluding hydrogens is 432 g/mol. The van der Waals surface area contributed by atoms with E-state index in [0.29, 0.717) is 30.3 Å². The van der Waals surface area contributed by atoms with Gasteiger partial charge in [0.2, 0.25) is 15.9 Å². The number of carbonyl (C=O) groups excluding carboxylic acids is 1. The summed E-state index contributed by atoms with van der Waals surface area (Å²) in [5.41, 5.74) is 0.337. The van der Waals surface area contributed by atoms with Gasteiger partial charge < -0.3 is 10.1 Å². The first kappa shape index (κ1) is 21.5. The Bertz CT molecular complexity index is 1120. The van der Waals surface area contributed by atoms with Crippen LogP contribution in [0, 0.1) is 0 Å². The average molecular weight is 457 g/mol. The number of sulfonamides is 1. The van der Waals surface area contributed by atoms with Crippen molar-refractivity contribution in [2.24, 2.45) is 0 Å². The number of amides is 1. The summed E-state index contributed by atoms with van der Waals surface area (Å²) in [6.07, 6.45) is 2.98. The maximum atomic E-state index is 13.1. The summed E-state index contributed by atoms with van der Waals surface area (Å²) in [7, 11) is -3.63. The Morgan fingerprint density at radius 3 is 2.48 bits per heavy atom. The number of para-hydroxylation sites is 1. The number of carbonyl (C=O) groups is 1. The van der Waals surface area contributed by atoms with Crippen LogP contribution in [0.15, 0.2) is 70.9 Å². The lowest BCUT2D eigenvalue weighted by Crippen LogP contribution is -2.35. The Morgan fingerprint density at radius 2 is 1.77 bits per heavy atom. The van der Waals surface area contributed by atoms with E-state index >= 15 is 0 Å². The summed E-state index contributed by atoms with van der Waals surface area (Å²) < 4.78 is 33.7. The molecule has 0 aliphatic carbocycles. The van der Waals surface area contributed by atoms with Crippen LogP contribution >= 0.6 is 11.3 Å². The minimum absolute atomic E-state index is 0.154. The van der Waals surface area contributed by atoms with Crippen molar-refractivity contribution in [3.8, 4) is 11.5 Å². The third-order valence-electron chi connectivity index (χ3n) is 5.06. The third kappa shape index (κ3) is 5.33. The fourth-order valence-electron chi connectivity index (χ4n) is 3.49. The van der Waals surface area contributed by atoms with Gasteiger partial charge in [0.1, 0.15) is 5.75 Å². The van der Waals surface area contributed by atoms with Crippen LogP contribution in [-0.2, 0) is 21.2 Å². The number of rotatable bonds is 7. The molecule has 0 atom stereocenters. The molecule has 4 rings (SSSR count). The largest absolute Gasteiger partial charge is 0.455 e. The lowest BCUT2D eigenvalue weighted by atomic mass is 10.2. The highest BCUT2D eigenvalue weighted by Gasteiger charge is 2.27. The molecule has 1 aliphatic heterocycles. The molecule has 0 bridgehead atoms. The van der Waals surface area contributed by atoms with E-state index in [1.54, 1.807) is 18.2 Å². The number of benzene rings is 2. The molecule has 2 aromatic carbocycles. The summed E-state index contributed by atoms with van der Waals surface area (Å²) in [5.74, 6) is 0.763. The van der Waals surface area contributed by atoms with Crippen molar-refractivity contribution in [1.29, 1.82) is 0 Å². The Balaban J connectivity index is 1.63. The second-order valence-electron chi connectivity index (χ2n) is 7.34. The highest BCUT2D eigenvalue weighted by atomic mass is 32.2. The molecule has 0 unspecified atom stereocenters. The first-order chi connectivity index (χ1) is 15.0. The molecule has 8 heteroatoms. The zero-order valence-corrected chi connectivity index (χ0v) is 18.6. The van der Waals surface area contributed by atoms with Crippen LogP contribution in [-0.4, -0.2) is 31.7 Å². The van der Waals surface area contributed by atoms with Crippen molar-refractivity contribution < 1.29 is 17.9 Å². The molecule has 162 valence electrons. The quantitative estimate of drug-likeness (QED) is 0.549. The standard InChI is InChI=1S/C23H24N2O4S2/c26-23(16-19-10-7-15-30-19)24-21-17-20(31(27,28)25-13-5-2-6-14-25)11-12-22(21)29-18-8-3-1-4-9-18/h1,3-4,7-12,15,17H,2,5-6,13-14,16H2,(H,24,26). The van der Waals surface area contributed by atoms with E-state index in [9.17, 15) is 13.2 Å². The van der Waals surface area contributed by atoms with E-state index in [1.807, 2.05) is 35.7 Å². The predicted octanol–water partition coefficient (Wildman–Crippen LogP) is 4.90. The van der Waals surface area contributed by atoms with E-state index < -0.39 is 10.0 Å². The molecule has 1 saturated heterocycles. The molecule has 1 N–H and O–H groups in total. The number of nitrogens with zero attached hydrogens (tertiary/aromatic N) is 1. The molecule has 6 nitrogen and oxygen atoms in total. The van der Waals surface area contributed by atoms with Gasteiger partial charge in [-0.15, -0.1) is 11.3 Å². The number of nitrogens with one attached hydrogen (secondary N) is 1. The maximum Gasteiger partial charge on any atom is 0.243 e. The SMILES string of the molecule is O=C(Cc1cccs1)Nc1cc(S(=O)(=O)N2CCCCC2)ccc1Oc1ccccc1. The summed E-state index contributed by atoms with van der Waals surface area (Å²) in [6, 6.07) is 17.6. The van der Waals surface area contributed by atoms with E-state index in [1.165, 1.54) is 27.8 Å². The second-order valence-corrected chi connectivity index (χ2v) is 10.3. The number of hydrogen-bond donors (Lipinski definition) is 1. The Labute approximate surface area is 186 Å². The normalized spacial score (nSPS) is 14.8. The number of thiophene rings is 1. The molecule has 0 spiro atoms. The van der Waals surface area contributed by atoms with Crippen LogP contribution < -0.4 is 10.1 Å². The fourth-order valence-corrected chi connectivity index (χ4v) is 5.74. The van der Waals surface area contributed by atoms with Gasteiger partial charge in [0, 0.05) is 18.0 Å². The smallest absolute Gasteiger partial charge is 0.243 e. The molecule has 1 amide bonds. The molecule has 0 radical (unpaired) electrons. The summed E-state index contributed by atoms with van der Waals surface area (Å²) in [6.45, 7) is 1.04. The van der Waals surface area contributed by atoms with Crippen LogP contribution in [0.2, 0.25) is 0 Å². The predicted molar refractivity (Wildman–Crippen MR) is 122 cm³/mol. The van der Waals surface area contributed by atoms with Crippen molar-refractivity contribution in [2.45, 2.75) is 30.6 Å². The minimum Gasteiger partial charge on any atom is -0.455 e. The van der Waals surface area contributed by atoms with Gasteiger partial charge in [0.15, 0.2) is 5.75 Å². The molecule has 1 fully saturated rings. The van der Waals surface area contributed by atoms with Gasteiger partial charge in [-0.25, -0.2) is 8.42 Å². The van der Waals surface area contributed by atoms with Crippen molar-refractivity contribution in [1.82, 2.24) is 4.31 Å². The number of piperidine rings is 1. The fraction of sp³-hybridized carbons (Fsp3) is 0.261. The topological polar surface area (TPSA) is 75.7 Å². The average Bonchev–Trinajstić information content (AvgIpc) is 3.29. The Kier molecular flexibility index (Phi) is 6.70. The summed E-state index contributed by atoms with van der Waals surface area (Å²) in [5, 5.41) is 4.76. The van der Waals surface area contributed by atoms with Crippen molar-refractivity contribution in [2.75, 3.05) is 18.4 Å². The molecular formula is C23H24N2O4S2. The molecule has 2 heterocycles. The second kappa shape index (κ2) is 9.64. The third-order valence-corrected chi connectivity index (χ3v) is 7.83. The van der Waals surface area contributed by atoms with Crippen LogP contribution in [0.4, 0.5) is 5.69 Å². The summed E-state index contributed by atoms with van der Waals surface area (Å²) >= 11 is 1.50. The van der Waals surface area contributed by atoms with Gasteiger partial charge >= 0.3 is 0 Å². The molecule has 3 aromatic rings. The highest BCUT2D eigenvalue weighted by Crippen LogP contribution is 2.33. The maximum absolute atomic E-state index is 13.1. The first-order valence-corrected chi connectivity index (χ1v) is 12.5. The molecule has 31 heavy (non-hydrogen) atoms. The van der Waals surface area contributed by atoms with Crippen LogP contribution in [0.5, 0.6) is 11.5 Å². The number of hydrogen-bond acceptors (Lipinski definition) is 5. The van der Waals surface area contributed by atoms with E-state index in [-0.39, 0.29) is 17.2 Å². The van der Waals surface area contributed by atoms with E-state index in [2.05, 4.69) is 5.32 Å². The van der Waals surface area contributed by atoms with Crippen molar-refractivity contribution >= 4 is 33.0 Å². The monoisotopic (exact) mass is 456 g/mol. The lowest BCUT2D eigenvalue weighted by Gasteiger charge is -2.26. The van der Waals surface area contributed by atoms with Gasteiger partial charge in [-0.3, -0.25) is 4.79 Å². The van der Waals surface area contributed by atoms with Crippen molar-refractivity contribution in [3.63, 3.8) is 0 Å². The van der Waals surface area contributed by atoms with Crippen molar-refractivity contribution in [3.05, 3.63) is 70.9 Å². The molecule has 1 aromatic heterocycles.